The molecular weight excluding hydrogens is 379 g/mol. The molecule has 0 spiro atoms. The Morgan fingerprint density at radius 2 is 1.89 bits per heavy atom. The molecule has 18 heavy (non-hydrogen) atoms. The number of carbonyl (C=O) groups excluding carboxylic acids is 1. The molecular formula is C14H9Br2ClO. The van der Waals surface area contributed by atoms with Gasteiger partial charge in [-0.15, -0.1) is 0 Å². The van der Waals surface area contributed by atoms with Crippen LogP contribution in [0.3, 0.4) is 0 Å². The van der Waals surface area contributed by atoms with Gasteiger partial charge in [-0.05, 0) is 35.9 Å². The molecule has 0 heterocycles. The quantitative estimate of drug-likeness (QED) is 0.653. The summed E-state index contributed by atoms with van der Waals surface area (Å²) in [7, 11) is 0. The van der Waals surface area contributed by atoms with Crippen LogP contribution in [0.15, 0.2) is 51.4 Å². The van der Waals surface area contributed by atoms with Crippen molar-refractivity contribution < 1.29 is 4.79 Å². The van der Waals surface area contributed by atoms with Gasteiger partial charge in [-0.3, -0.25) is 4.79 Å². The lowest BCUT2D eigenvalue weighted by Crippen LogP contribution is -2.04. The molecule has 92 valence electrons. The van der Waals surface area contributed by atoms with Crippen molar-refractivity contribution in [2.45, 2.75) is 6.42 Å². The van der Waals surface area contributed by atoms with Gasteiger partial charge in [-0.2, -0.15) is 0 Å². The van der Waals surface area contributed by atoms with E-state index in [1.54, 1.807) is 12.1 Å². The summed E-state index contributed by atoms with van der Waals surface area (Å²) in [5.41, 5.74) is 1.60. The number of halogens is 3. The molecule has 0 aliphatic carbocycles. The van der Waals surface area contributed by atoms with Crippen LogP contribution in [0.1, 0.15) is 15.9 Å². The van der Waals surface area contributed by atoms with Gasteiger partial charge in [0, 0.05) is 26.0 Å². The van der Waals surface area contributed by atoms with Gasteiger partial charge in [-0.25, -0.2) is 0 Å². The predicted molar refractivity (Wildman–Crippen MR) is 81.3 cm³/mol. The minimum atomic E-state index is 0.0663. The first-order chi connectivity index (χ1) is 8.56. The van der Waals surface area contributed by atoms with Crippen molar-refractivity contribution in [1.29, 1.82) is 0 Å². The van der Waals surface area contributed by atoms with Crippen LogP contribution in [0, 0.1) is 0 Å². The number of rotatable bonds is 3. The summed E-state index contributed by atoms with van der Waals surface area (Å²) in [5.74, 6) is 0.0663. The fourth-order valence-electron chi connectivity index (χ4n) is 1.64. The van der Waals surface area contributed by atoms with E-state index in [1.807, 2.05) is 30.3 Å². The third kappa shape index (κ3) is 3.44. The first-order valence-electron chi connectivity index (χ1n) is 5.29. The highest BCUT2D eigenvalue weighted by Crippen LogP contribution is 2.23. The topological polar surface area (TPSA) is 17.1 Å². The predicted octanol–water partition coefficient (Wildman–Crippen LogP) is 5.29. The SMILES string of the molecule is O=C(Cc1cccc(Cl)c1)c1ccc(Br)cc1Br. The third-order valence-corrected chi connectivity index (χ3v) is 3.87. The average Bonchev–Trinajstić information content (AvgIpc) is 2.28. The molecule has 0 aromatic heterocycles. The van der Waals surface area contributed by atoms with Gasteiger partial charge in [0.15, 0.2) is 5.78 Å². The maximum absolute atomic E-state index is 12.2. The minimum Gasteiger partial charge on any atom is -0.294 e. The van der Waals surface area contributed by atoms with Crippen LogP contribution >= 0.6 is 43.5 Å². The number of hydrogen-bond donors (Lipinski definition) is 0. The van der Waals surface area contributed by atoms with E-state index >= 15 is 0 Å². The summed E-state index contributed by atoms with van der Waals surface area (Å²) in [6.07, 6.45) is 0.348. The average molecular weight is 388 g/mol. The molecule has 4 heteroatoms. The van der Waals surface area contributed by atoms with Crippen LogP contribution in [0.5, 0.6) is 0 Å². The molecule has 0 unspecified atom stereocenters. The smallest absolute Gasteiger partial charge is 0.168 e. The van der Waals surface area contributed by atoms with E-state index < -0.39 is 0 Å². The molecule has 0 aliphatic heterocycles. The van der Waals surface area contributed by atoms with E-state index in [0.717, 1.165) is 14.5 Å². The zero-order chi connectivity index (χ0) is 13.1. The Labute approximate surface area is 127 Å². The molecule has 0 atom stereocenters. The Bertz CT molecular complexity index is 596. The normalized spacial score (nSPS) is 10.4. The zero-order valence-electron chi connectivity index (χ0n) is 9.29. The van der Waals surface area contributed by atoms with Crippen molar-refractivity contribution >= 4 is 49.2 Å². The molecule has 0 radical (unpaired) electrons. The van der Waals surface area contributed by atoms with E-state index in [1.165, 1.54) is 0 Å². The number of ketones is 1. The highest BCUT2D eigenvalue weighted by molar-refractivity contribution is 9.11. The monoisotopic (exact) mass is 386 g/mol. The summed E-state index contributed by atoms with van der Waals surface area (Å²) < 4.78 is 1.73. The number of benzene rings is 2. The van der Waals surface area contributed by atoms with Crippen LogP contribution < -0.4 is 0 Å². The lowest BCUT2D eigenvalue weighted by Gasteiger charge is -2.05. The fraction of sp³-hybridized carbons (Fsp3) is 0.0714. The summed E-state index contributed by atoms with van der Waals surface area (Å²) in [6.45, 7) is 0. The van der Waals surface area contributed by atoms with Crippen molar-refractivity contribution in [3.63, 3.8) is 0 Å². The maximum atomic E-state index is 12.2. The van der Waals surface area contributed by atoms with Crippen molar-refractivity contribution in [2.24, 2.45) is 0 Å². The Morgan fingerprint density at radius 1 is 1.11 bits per heavy atom. The fourth-order valence-corrected chi connectivity index (χ4v) is 3.12. The van der Waals surface area contributed by atoms with E-state index in [4.69, 9.17) is 11.6 Å². The molecule has 0 N–H and O–H groups in total. The summed E-state index contributed by atoms with van der Waals surface area (Å²) in [6, 6.07) is 12.9. The third-order valence-electron chi connectivity index (χ3n) is 2.49. The Kier molecular flexibility index (Phi) is 4.60. The number of carbonyl (C=O) groups is 1. The van der Waals surface area contributed by atoms with E-state index in [0.29, 0.717) is 17.0 Å². The van der Waals surface area contributed by atoms with Crippen LogP contribution in [-0.2, 0) is 6.42 Å². The van der Waals surface area contributed by atoms with E-state index in [-0.39, 0.29) is 5.78 Å². The van der Waals surface area contributed by atoms with Crippen LogP contribution in [0.2, 0.25) is 5.02 Å². The standard InChI is InChI=1S/C14H9Br2ClO/c15-10-4-5-12(13(16)8-10)14(18)7-9-2-1-3-11(17)6-9/h1-6,8H,7H2. The highest BCUT2D eigenvalue weighted by atomic mass is 79.9. The first kappa shape index (κ1) is 13.8. The van der Waals surface area contributed by atoms with Crippen LogP contribution in [0.4, 0.5) is 0 Å². The second kappa shape index (κ2) is 6.00. The molecule has 0 amide bonds. The Hall–Kier alpha value is -0.640. The van der Waals surface area contributed by atoms with Gasteiger partial charge in [0.2, 0.25) is 0 Å². The molecule has 0 saturated carbocycles. The van der Waals surface area contributed by atoms with Gasteiger partial charge < -0.3 is 0 Å². The zero-order valence-corrected chi connectivity index (χ0v) is 13.2. The van der Waals surface area contributed by atoms with Gasteiger partial charge in [-0.1, -0.05) is 55.6 Å². The largest absolute Gasteiger partial charge is 0.294 e. The second-order valence-corrected chi connectivity index (χ2v) is 6.06. The lowest BCUT2D eigenvalue weighted by atomic mass is 10.0. The number of Topliss-reactive ketones (excluding diaryl/α,β-unsaturated/α-hetero) is 1. The number of hydrogen-bond acceptors (Lipinski definition) is 1. The summed E-state index contributed by atoms with van der Waals surface area (Å²) in [5, 5.41) is 0.648. The Balaban J connectivity index is 2.22. The first-order valence-corrected chi connectivity index (χ1v) is 7.25. The summed E-state index contributed by atoms with van der Waals surface area (Å²) in [4.78, 5) is 12.2. The van der Waals surface area contributed by atoms with Gasteiger partial charge in [0.25, 0.3) is 0 Å². The molecule has 2 aromatic carbocycles. The van der Waals surface area contributed by atoms with Gasteiger partial charge in [0.1, 0.15) is 0 Å². The lowest BCUT2D eigenvalue weighted by molar-refractivity contribution is 0.0992. The molecule has 0 saturated heterocycles. The minimum absolute atomic E-state index is 0.0663. The van der Waals surface area contributed by atoms with Crippen LogP contribution in [0.25, 0.3) is 0 Å². The molecule has 1 nitrogen and oxygen atoms in total. The van der Waals surface area contributed by atoms with Crippen molar-refractivity contribution in [2.75, 3.05) is 0 Å². The highest BCUT2D eigenvalue weighted by Gasteiger charge is 2.11. The second-order valence-electron chi connectivity index (χ2n) is 3.85. The van der Waals surface area contributed by atoms with Crippen molar-refractivity contribution in [1.82, 2.24) is 0 Å². The Morgan fingerprint density at radius 3 is 2.56 bits per heavy atom. The van der Waals surface area contributed by atoms with E-state index in [9.17, 15) is 4.79 Å². The van der Waals surface area contributed by atoms with Crippen LogP contribution in [-0.4, -0.2) is 5.78 Å². The molecule has 0 aliphatic rings. The molecule has 0 bridgehead atoms. The molecule has 2 aromatic rings. The van der Waals surface area contributed by atoms with Gasteiger partial charge >= 0.3 is 0 Å². The van der Waals surface area contributed by atoms with Crippen molar-refractivity contribution in [3.05, 3.63) is 67.6 Å². The van der Waals surface area contributed by atoms with Gasteiger partial charge in [0.05, 0.1) is 0 Å². The molecule has 0 fully saturated rings. The van der Waals surface area contributed by atoms with E-state index in [2.05, 4.69) is 31.9 Å². The summed E-state index contributed by atoms with van der Waals surface area (Å²) >= 11 is 12.7. The maximum Gasteiger partial charge on any atom is 0.168 e. The van der Waals surface area contributed by atoms with Crippen molar-refractivity contribution in [3.8, 4) is 0 Å². The molecule has 2 rings (SSSR count).